The summed E-state index contributed by atoms with van der Waals surface area (Å²) in [5, 5.41) is 8.89. The highest BCUT2D eigenvalue weighted by Crippen LogP contribution is 2.62. The van der Waals surface area contributed by atoms with Crippen molar-refractivity contribution in [2.45, 2.75) is 49.3 Å². The molecule has 0 saturated carbocycles. The normalized spacial score (nSPS) is 20.8. The second kappa shape index (κ2) is 10.9. The standard InChI is InChI=1S/C25H33NO5S2/c1-4-6-13-25(5-2)17-26(19-10-8-7-9-11-19)20-15-22(32-3)21(31-14-12-24(27)28)16-23(20)33(29,30)18-25/h7-12,14-16,29-30H,4-6,13,17-18H2,1-3H3,(H,27,28)/b14-12-. The predicted octanol–water partition coefficient (Wildman–Crippen LogP) is 7.23. The number of carboxylic acids is 1. The van der Waals surface area contributed by atoms with Crippen molar-refractivity contribution < 1.29 is 23.7 Å². The Morgan fingerprint density at radius 1 is 1.24 bits per heavy atom. The molecule has 8 heteroatoms. The smallest absolute Gasteiger partial charge is 0.331 e. The number of nitrogens with zero attached hydrogens (tertiary/aromatic N) is 1. The lowest BCUT2D eigenvalue weighted by Crippen LogP contribution is -2.37. The van der Waals surface area contributed by atoms with Crippen molar-refractivity contribution in [3.05, 3.63) is 54.8 Å². The van der Waals surface area contributed by atoms with Crippen molar-refractivity contribution in [2.24, 2.45) is 5.41 Å². The van der Waals surface area contributed by atoms with Crippen LogP contribution in [0.3, 0.4) is 0 Å². The van der Waals surface area contributed by atoms with Crippen LogP contribution in [0.2, 0.25) is 0 Å². The predicted molar refractivity (Wildman–Crippen MR) is 137 cm³/mol. The molecule has 3 rings (SSSR count). The third kappa shape index (κ3) is 5.87. The van der Waals surface area contributed by atoms with E-state index in [1.807, 2.05) is 42.7 Å². The fraction of sp³-hybridized carbons (Fsp3) is 0.400. The first-order chi connectivity index (χ1) is 15.7. The Hall–Kier alpha value is -2.13. The number of fused-ring (bicyclic) bond motifs is 1. The average Bonchev–Trinajstić information content (AvgIpc) is 2.90. The van der Waals surface area contributed by atoms with Crippen LogP contribution < -0.4 is 9.64 Å². The van der Waals surface area contributed by atoms with Gasteiger partial charge in [0.25, 0.3) is 0 Å². The number of para-hydroxylation sites is 1. The summed E-state index contributed by atoms with van der Waals surface area (Å²) in [6.07, 6.45) is 7.74. The molecular formula is C25H33NO5S2. The molecule has 0 amide bonds. The minimum atomic E-state index is -3.13. The lowest BCUT2D eigenvalue weighted by Gasteiger charge is -2.41. The van der Waals surface area contributed by atoms with Gasteiger partial charge in [-0.15, -0.1) is 11.8 Å². The summed E-state index contributed by atoms with van der Waals surface area (Å²) in [6.45, 7) is 4.97. The molecule has 33 heavy (non-hydrogen) atoms. The van der Waals surface area contributed by atoms with E-state index in [1.54, 1.807) is 6.07 Å². The average molecular weight is 492 g/mol. The molecule has 1 aliphatic rings. The summed E-state index contributed by atoms with van der Waals surface area (Å²) in [5.74, 6) is -0.418. The summed E-state index contributed by atoms with van der Waals surface area (Å²) < 4.78 is 28.6. The van der Waals surface area contributed by atoms with E-state index in [4.69, 9.17) is 9.84 Å². The molecule has 2 aromatic carbocycles. The highest BCUT2D eigenvalue weighted by Gasteiger charge is 2.42. The number of benzene rings is 2. The Morgan fingerprint density at radius 2 is 1.97 bits per heavy atom. The molecule has 2 aromatic rings. The number of hydrogen-bond donors (Lipinski definition) is 3. The summed E-state index contributed by atoms with van der Waals surface area (Å²) in [4.78, 5) is 14.3. The second-order valence-electron chi connectivity index (χ2n) is 8.42. The molecule has 1 heterocycles. The van der Waals surface area contributed by atoms with E-state index in [2.05, 4.69) is 18.7 Å². The number of carbonyl (C=O) groups is 1. The lowest BCUT2D eigenvalue weighted by atomic mass is 9.81. The van der Waals surface area contributed by atoms with Crippen molar-refractivity contribution in [2.75, 3.05) is 23.5 Å². The van der Waals surface area contributed by atoms with Crippen molar-refractivity contribution in [3.63, 3.8) is 0 Å². The van der Waals surface area contributed by atoms with Gasteiger partial charge in [-0.2, -0.15) is 10.6 Å². The number of rotatable bonds is 9. The van der Waals surface area contributed by atoms with Gasteiger partial charge in [0.1, 0.15) is 5.75 Å². The zero-order valence-corrected chi connectivity index (χ0v) is 21.0. The first kappa shape index (κ1) is 25.5. The summed E-state index contributed by atoms with van der Waals surface area (Å²) in [5.41, 5.74) is 1.50. The van der Waals surface area contributed by atoms with Crippen LogP contribution in [0.1, 0.15) is 39.5 Å². The summed E-state index contributed by atoms with van der Waals surface area (Å²) in [6, 6.07) is 13.6. The molecule has 0 aliphatic carbocycles. The molecule has 1 atom stereocenters. The van der Waals surface area contributed by atoms with Gasteiger partial charge in [-0.05, 0) is 37.3 Å². The maximum atomic E-state index is 11.5. The number of unbranched alkanes of at least 4 members (excludes halogenated alkanes) is 1. The third-order valence-electron chi connectivity index (χ3n) is 6.17. The van der Waals surface area contributed by atoms with Gasteiger partial charge in [0.15, 0.2) is 0 Å². The van der Waals surface area contributed by atoms with Crippen molar-refractivity contribution in [3.8, 4) is 5.75 Å². The van der Waals surface area contributed by atoms with Gasteiger partial charge >= 0.3 is 5.97 Å². The Kier molecular flexibility index (Phi) is 8.39. The van der Waals surface area contributed by atoms with Crippen molar-refractivity contribution in [1.82, 2.24) is 0 Å². The number of aliphatic carboxylic acids is 1. The van der Waals surface area contributed by atoms with E-state index in [-0.39, 0.29) is 11.2 Å². The molecule has 1 aliphatic heterocycles. The third-order valence-corrected chi connectivity index (χ3v) is 8.98. The Morgan fingerprint density at radius 3 is 2.58 bits per heavy atom. The fourth-order valence-electron chi connectivity index (χ4n) is 4.32. The molecule has 0 aromatic heterocycles. The number of thioether (sulfide) groups is 1. The molecule has 6 nitrogen and oxygen atoms in total. The van der Waals surface area contributed by atoms with Crippen LogP contribution >= 0.6 is 22.4 Å². The number of carboxylic acid groups (broad SMARTS) is 1. The number of hydrogen-bond acceptors (Lipinski definition) is 6. The molecule has 0 spiro atoms. The molecule has 0 radical (unpaired) electrons. The Bertz CT molecular complexity index is 996. The zero-order valence-electron chi connectivity index (χ0n) is 19.4. The Balaban J connectivity index is 2.20. The van der Waals surface area contributed by atoms with E-state index in [1.165, 1.54) is 11.8 Å². The van der Waals surface area contributed by atoms with Gasteiger partial charge in [0.05, 0.1) is 27.8 Å². The molecule has 180 valence electrons. The molecule has 3 N–H and O–H groups in total. The molecular weight excluding hydrogens is 458 g/mol. The topological polar surface area (TPSA) is 90.2 Å². The lowest BCUT2D eigenvalue weighted by molar-refractivity contribution is -0.131. The van der Waals surface area contributed by atoms with E-state index < -0.39 is 16.6 Å². The van der Waals surface area contributed by atoms with Gasteiger partial charge in [-0.1, -0.05) is 44.9 Å². The van der Waals surface area contributed by atoms with Crippen molar-refractivity contribution in [1.29, 1.82) is 0 Å². The molecule has 0 bridgehead atoms. The van der Waals surface area contributed by atoms with E-state index in [0.29, 0.717) is 17.2 Å². The van der Waals surface area contributed by atoms with Gasteiger partial charge in [0.2, 0.25) is 0 Å². The number of anilines is 2. The summed E-state index contributed by atoms with van der Waals surface area (Å²) >= 11 is 1.46. The van der Waals surface area contributed by atoms with E-state index in [9.17, 15) is 13.9 Å². The second-order valence-corrected chi connectivity index (χ2v) is 11.3. The minimum absolute atomic E-state index is 0.256. The van der Waals surface area contributed by atoms with Gasteiger partial charge < -0.3 is 14.7 Å². The molecule has 0 saturated heterocycles. The number of ether oxygens (including phenoxy) is 1. The van der Waals surface area contributed by atoms with Crippen LogP contribution in [0.15, 0.2) is 64.6 Å². The van der Waals surface area contributed by atoms with Gasteiger partial charge in [-0.25, -0.2) is 4.79 Å². The van der Waals surface area contributed by atoms with Crippen LogP contribution in [-0.2, 0) is 4.79 Å². The highest BCUT2D eigenvalue weighted by atomic mass is 32.3. The van der Waals surface area contributed by atoms with Crippen LogP contribution in [0.5, 0.6) is 5.75 Å². The molecule has 0 fully saturated rings. The highest BCUT2D eigenvalue weighted by molar-refractivity contribution is 8.24. The van der Waals surface area contributed by atoms with Gasteiger partial charge in [0, 0.05) is 29.5 Å². The van der Waals surface area contributed by atoms with E-state index >= 15 is 0 Å². The Labute approximate surface area is 202 Å². The van der Waals surface area contributed by atoms with Crippen LogP contribution in [0.4, 0.5) is 11.4 Å². The van der Waals surface area contributed by atoms with Crippen LogP contribution in [0, 0.1) is 5.41 Å². The van der Waals surface area contributed by atoms with Crippen LogP contribution in [0.25, 0.3) is 0 Å². The minimum Gasteiger partial charge on any atom is -0.478 e. The first-order valence-corrected chi connectivity index (χ1v) is 14.1. The SMILES string of the molecule is CCCCC1(CC)CN(c2ccccc2)c2cc(SC)c(O/C=C\C(=O)O)cc2S(O)(O)C1. The zero-order chi connectivity index (χ0) is 24.1. The quantitative estimate of drug-likeness (QED) is 0.194. The maximum absolute atomic E-state index is 11.5. The summed E-state index contributed by atoms with van der Waals surface area (Å²) in [7, 11) is -3.13. The first-order valence-electron chi connectivity index (χ1n) is 11.1. The van der Waals surface area contributed by atoms with Crippen LogP contribution in [-0.4, -0.2) is 38.7 Å². The largest absolute Gasteiger partial charge is 0.478 e. The fourth-order valence-corrected chi connectivity index (χ4v) is 7.11. The maximum Gasteiger partial charge on any atom is 0.331 e. The molecule has 1 unspecified atom stereocenters. The van der Waals surface area contributed by atoms with Crippen molar-refractivity contribution >= 4 is 39.7 Å². The van der Waals surface area contributed by atoms with E-state index in [0.717, 1.165) is 54.3 Å². The monoisotopic (exact) mass is 491 g/mol. The van der Waals surface area contributed by atoms with Gasteiger partial charge in [-0.3, -0.25) is 9.11 Å².